The SMILES string of the molecule is CCCc1cnc(N(C)CC(=O)O)nc1. The van der Waals surface area contributed by atoms with E-state index < -0.39 is 5.97 Å². The molecule has 5 nitrogen and oxygen atoms in total. The highest BCUT2D eigenvalue weighted by atomic mass is 16.4. The zero-order valence-corrected chi connectivity index (χ0v) is 8.97. The lowest BCUT2D eigenvalue weighted by atomic mass is 10.2. The number of carboxylic acids is 1. The number of hydrogen-bond acceptors (Lipinski definition) is 4. The fraction of sp³-hybridized carbons (Fsp3) is 0.500. The van der Waals surface area contributed by atoms with Crippen LogP contribution in [0.25, 0.3) is 0 Å². The summed E-state index contributed by atoms with van der Waals surface area (Å²) in [5.41, 5.74) is 1.07. The fourth-order valence-corrected chi connectivity index (χ4v) is 1.24. The van der Waals surface area contributed by atoms with Crippen molar-refractivity contribution in [3.63, 3.8) is 0 Å². The van der Waals surface area contributed by atoms with Crippen molar-refractivity contribution >= 4 is 11.9 Å². The van der Waals surface area contributed by atoms with Gasteiger partial charge in [-0.25, -0.2) is 9.97 Å². The number of carboxylic acid groups (broad SMARTS) is 1. The van der Waals surface area contributed by atoms with Crippen molar-refractivity contribution in [3.8, 4) is 0 Å². The molecular weight excluding hydrogens is 194 g/mol. The highest BCUT2D eigenvalue weighted by molar-refractivity contribution is 5.72. The number of hydrogen-bond donors (Lipinski definition) is 1. The molecule has 1 N–H and O–H groups in total. The number of anilines is 1. The molecule has 1 rings (SSSR count). The fourth-order valence-electron chi connectivity index (χ4n) is 1.24. The van der Waals surface area contributed by atoms with Gasteiger partial charge in [-0.1, -0.05) is 13.3 Å². The molecule has 0 fully saturated rings. The topological polar surface area (TPSA) is 66.3 Å². The molecule has 1 heterocycles. The molecule has 0 bridgehead atoms. The lowest BCUT2D eigenvalue weighted by molar-refractivity contribution is -0.135. The Kier molecular flexibility index (Phi) is 4.03. The van der Waals surface area contributed by atoms with Crippen molar-refractivity contribution in [1.29, 1.82) is 0 Å². The van der Waals surface area contributed by atoms with Crippen LogP contribution in [0.3, 0.4) is 0 Å². The van der Waals surface area contributed by atoms with E-state index in [0.29, 0.717) is 5.95 Å². The van der Waals surface area contributed by atoms with E-state index in [0.717, 1.165) is 18.4 Å². The minimum absolute atomic E-state index is 0.0902. The lowest BCUT2D eigenvalue weighted by Gasteiger charge is -2.13. The molecule has 0 saturated heterocycles. The van der Waals surface area contributed by atoms with Crippen molar-refractivity contribution in [2.45, 2.75) is 19.8 Å². The van der Waals surface area contributed by atoms with Gasteiger partial charge in [-0.2, -0.15) is 0 Å². The summed E-state index contributed by atoms with van der Waals surface area (Å²) >= 11 is 0. The molecule has 5 heteroatoms. The van der Waals surface area contributed by atoms with Crippen LogP contribution in [-0.4, -0.2) is 34.6 Å². The summed E-state index contributed by atoms with van der Waals surface area (Å²) in [7, 11) is 1.66. The Morgan fingerprint density at radius 2 is 2.07 bits per heavy atom. The molecule has 1 aromatic heterocycles. The normalized spacial score (nSPS) is 10.0. The minimum atomic E-state index is -0.890. The monoisotopic (exact) mass is 209 g/mol. The first-order valence-electron chi connectivity index (χ1n) is 4.87. The molecule has 0 spiro atoms. The van der Waals surface area contributed by atoms with Crippen molar-refractivity contribution in [2.24, 2.45) is 0 Å². The molecule has 15 heavy (non-hydrogen) atoms. The number of rotatable bonds is 5. The first-order chi connectivity index (χ1) is 7.13. The van der Waals surface area contributed by atoms with E-state index in [1.54, 1.807) is 19.4 Å². The van der Waals surface area contributed by atoms with Crippen LogP contribution in [0.2, 0.25) is 0 Å². The number of nitrogens with zero attached hydrogens (tertiary/aromatic N) is 3. The highest BCUT2D eigenvalue weighted by Gasteiger charge is 2.07. The van der Waals surface area contributed by atoms with Crippen molar-refractivity contribution in [1.82, 2.24) is 9.97 Å². The van der Waals surface area contributed by atoms with E-state index in [1.807, 2.05) is 0 Å². The standard InChI is InChI=1S/C10H15N3O2/c1-3-4-8-5-11-10(12-6-8)13(2)7-9(14)15/h5-6H,3-4,7H2,1-2H3,(H,14,15). The maximum atomic E-state index is 10.5. The number of aryl methyl sites for hydroxylation is 1. The predicted molar refractivity (Wildman–Crippen MR) is 56.9 cm³/mol. The van der Waals surface area contributed by atoms with Crippen LogP contribution >= 0.6 is 0 Å². The van der Waals surface area contributed by atoms with Crippen LogP contribution in [0.15, 0.2) is 12.4 Å². The summed E-state index contributed by atoms with van der Waals surface area (Å²) in [4.78, 5) is 20.2. The average molecular weight is 209 g/mol. The Bertz CT molecular complexity index is 324. The third-order valence-corrected chi connectivity index (χ3v) is 1.94. The van der Waals surface area contributed by atoms with Gasteiger partial charge in [0.25, 0.3) is 0 Å². The Balaban J connectivity index is 2.66. The zero-order chi connectivity index (χ0) is 11.3. The van der Waals surface area contributed by atoms with Gasteiger partial charge in [0.2, 0.25) is 5.95 Å². The number of likely N-dealkylation sites (N-methyl/N-ethyl adjacent to an activating group) is 1. The van der Waals surface area contributed by atoms with Crippen LogP contribution in [-0.2, 0) is 11.2 Å². The maximum absolute atomic E-state index is 10.5. The van der Waals surface area contributed by atoms with Gasteiger partial charge < -0.3 is 10.0 Å². The Morgan fingerprint density at radius 1 is 1.47 bits per heavy atom. The summed E-state index contributed by atoms with van der Waals surface area (Å²) in [5, 5.41) is 8.59. The smallest absolute Gasteiger partial charge is 0.323 e. The van der Waals surface area contributed by atoms with Crippen LogP contribution in [0, 0.1) is 0 Å². The molecule has 0 aliphatic rings. The Hall–Kier alpha value is -1.65. The number of aromatic nitrogens is 2. The summed E-state index contributed by atoms with van der Waals surface area (Å²) in [6, 6.07) is 0. The summed E-state index contributed by atoms with van der Waals surface area (Å²) < 4.78 is 0. The van der Waals surface area contributed by atoms with Gasteiger partial charge in [-0.15, -0.1) is 0 Å². The predicted octanol–water partition coefficient (Wildman–Crippen LogP) is 0.950. The van der Waals surface area contributed by atoms with E-state index in [1.165, 1.54) is 4.90 Å². The molecule has 0 amide bonds. The van der Waals surface area contributed by atoms with Crippen molar-refractivity contribution in [2.75, 3.05) is 18.5 Å². The van der Waals surface area contributed by atoms with Gasteiger partial charge in [0.05, 0.1) is 0 Å². The van der Waals surface area contributed by atoms with Crippen molar-refractivity contribution < 1.29 is 9.90 Å². The zero-order valence-electron chi connectivity index (χ0n) is 8.97. The minimum Gasteiger partial charge on any atom is -0.480 e. The second-order valence-corrected chi connectivity index (χ2v) is 3.39. The van der Waals surface area contributed by atoms with Gasteiger partial charge in [0, 0.05) is 19.4 Å². The van der Waals surface area contributed by atoms with E-state index >= 15 is 0 Å². The van der Waals surface area contributed by atoms with Gasteiger partial charge in [-0.3, -0.25) is 4.79 Å². The summed E-state index contributed by atoms with van der Waals surface area (Å²) in [5.74, 6) is -0.448. The van der Waals surface area contributed by atoms with Crippen LogP contribution < -0.4 is 4.90 Å². The van der Waals surface area contributed by atoms with Crippen LogP contribution in [0.1, 0.15) is 18.9 Å². The number of carbonyl (C=O) groups is 1. The molecule has 1 aromatic rings. The van der Waals surface area contributed by atoms with Crippen molar-refractivity contribution in [3.05, 3.63) is 18.0 Å². The molecule has 0 radical (unpaired) electrons. The molecule has 0 aliphatic heterocycles. The molecule has 82 valence electrons. The third-order valence-electron chi connectivity index (χ3n) is 1.94. The third kappa shape index (κ3) is 3.53. The van der Waals surface area contributed by atoms with Gasteiger partial charge in [0.1, 0.15) is 6.54 Å². The first kappa shape index (κ1) is 11.4. The quantitative estimate of drug-likeness (QED) is 0.782. The molecule has 0 aliphatic carbocycles. The van der Waals surface area contributed by atoms with E-state index in [4.69, 9.17) is 5.11 Å². The van der Waals surface area contributed by atoms with Gasteiger partial charge >= 0.3 is 5.97 Å². The van der Waals surface area contributed by atoms with Crippen LogP contribution in [0.5, 0.6) is 0 Å². The average Bonchev–Trinajstić information content (AvgIpc) is 2.18. The largest absolute Gasteiger partial charge is 0.480 e. The molecular formula is C10H15N3O2. The molecule has 0 saturated carbocycles. The Labute approximate surface area is 88.8 Å². The molecule has 0 unspecified atom stereocenters. The Morgan fingerprint density at radius 3 is 2.53 bits per heavy atom. The number of aliphatic carboxylic acids is 1. The van der Waals surface area contributed by atoms with E-state index in [9.17, 15) is 4.79 Å². The maximum Gasteiger partial charge on any atom is 0.323 e. The van der Waals surface area contributed by atoms with E-state index in [2.05, 4.69) is 16.9 Å². The van der Waals surface area contributed by atoms with Crippen LogP contribution in [0.4, 0.5) is 5.95 Å². The highest BCUT2D eigenvalue weighted by Crippen LogP contribution is 2.06. The molecule has 0 aromatic carbocycles. The summed E-state index contributed by atoms with van der Waals surface area (Å²) in [6.45, 7) is 2.00. The second kappa shape index (κ2) is 5.29. The van der Waals surface area contributed by atoms with Gasteiger partial charge in [-0.05, 0) is 12.0 Å². The van der Waals surface area contributed by atoms with E-state index in [-0.39, 0.29) is 6.54 Å². The second-order valence-electron chi connectivity index (χ2n) is 3.39. The summed E-state index contributed by atoms with van der Waals surface area (Å²) in [6.07, 6.45) is 5.48. The first-order valence-corrected chi connectivity index (χ1v) is 4.87. The molecule has 0 atom stereocenters. The lowest BCUT2D eigenvalue weighted by Crippen LogP contribution is -2.26. The van der Waals surface area contributed by atoms with Gasteiger partial charge in [0.15, 0.2) is 0 Å².